The number of likely N-dealkylation sites (N-methyl/N-ethyl adjacent to an activating group) is 1. The molecule has 1 aliphatic carbocycles. The molecule has 9 heteroatoms. The number of sulfonamides is 1. The maximum Gasteiger partial charge on any atom is 0.339 e. The van der Waals surface area contributed by atoms with Crippen LogP contribution in [0.25, 0.3) is 0 Å². The number of carboxylic acids is 1. The molecule has 2 N–H and O–H groups in total. The van der Waals surface area contributed by atoms with E-state index in [9.17, 15) is 23.1 Å². The summed E-state index contributed by atoms with van der Waals surface area (Å²) in [5.74, 6) is -1.70. The van der Waals surface area contributed by atoms with Crippen LogP contribution in [0.3, 0.4) is 0 Å². The molecule has 0 aromatic heterocycles. The Morgan fingerprint density at radius 2 is 1.67 bits per heavy atom. The number of hydrogen-bond donors (Lipinski definition) is 2. The van der Waals surface area contributed by atoms with E-state index in [1.165, 1.54) is 67.8 Å². The minimum atomic E-state index is -3.57. The van der Waals surface area contributed by atoms with Crippen LogP contribution >= 0.6 is 0 Å². The maximum atomic E-state index is 13.1. The zero-order valence-electron chi connectivity index (χ0n) is 18.9. The zero-order valence-corrected chi connectivity index (χ0v) is 19.7. The van der Waals surface area contributed by atoms with Gasteiger partial charge in [0, 0.05) is 18.8 Å². The molecule has 1 aliphatic rings. The number of carbonyl (C=O) groups excluding carboxylic acids is 1. The van der Waals surface area contributed by atoms with Gasteiger partial charge in [-0.3, -0.25) is 4.79 Å². The lowest BCUT2D eigenvalue weighted by Crippen LogP contribution is -2.40. The fourth-order valence-electron chi connectivity index (χ4n) is 4.10. The van der Waals surface area contributed by atoms with Crippen LogP contribution in [0.15, 0.2) is 42.5 Å². The van der Waals surface area contributed by atoms with E-state index in [-0.39, 0.29) is 24.3 Å². The molecule has 0 aliphatic heterocycles. The SMILES string of the molecule is CN(CC(=O)N(Cc1ccc(C2CCCCC2)cc1)c1ccc(C(=O)O)c(O)c1)S(C)(=O)=O. The summed E-state index contributed by atoms with van der Waals surface area (Å²) in [5.41, 5.74) is 2.11. The number of nitrogens with zero attached hydrogens (tertiary/aromatic N) is 2. The van der Waals surface area contributed by atoms with Crippen LogP contribution in [0.5, 0.6) is 5.75 Å². The predicted octanol–water partition coefficient (Wildman–Crippen LogP) is 3.56. The molecule has 0 saturated heterocycles. The summed E-state index contributed by atoms with van der Waals surface area (Å²) in [7, 11) is -2.26. The lowest BCUT2D eigenvalue weighted by Gasteiger charge is -2.26. The van der Waals surface area contributed by atoms with Crippen LogP contribution in [-0.4, -0.2) is 54.7 Å². The quantitative estimate of drug-likeness (QED) is 0.604. The standard InChI is InChI=1S/C24H30N2O6S/c1-25(33(2,31)32)16-23(28)26(20-12-13-21(24(29)30)22(27)14-20)15-17-8-10-19(11-9-17)18-6-4-3-5-7-18/h8-14,18,27H,3-7,15-16H2,1-2H3,(H,29,30). The fraction of sp³-hybridized carbons (Fsp3) is 0.417. The highest BCUT2D eigenvalue weighted by atomic mass is 32.2. The second kappa shape index (κ2) is 10.4. The molecule has 3 rings (SSSR count). The van der Waals surface area contributed by atoms with Crippen molar-refractivity contribution in [2.75, 3.05) is 24.7 Å². The lowest BCUT2D eigenvalue weighted by atomic mass is 9.84. The number of aromatic carboxylic acids is 1. The van der Waals surface area contributed by atoms with Gasteiger partial charge >= 0.3 is 5.97 Å². The number of carbonyl (C=O) groups is 2. The van der Waals surface area contributed by atoms with E-state index in [0.29, 0.717) is 5.92 Å². The molecule has 2 aromatic carbocycles. The van der Waals surface area contributed by atoms with Gasteiger partial charge < -0.3 is 15.1 Å². The first-order valence-electron chi connectivity index (χ1n) is 10.9. The van der Waals surface area contributed by atoms with E-state index >= 15 is 0 Å². The molecule has 1 amide bonds. The summed E-state index contributed by atoms with van der Waals surface area (Å²) >= 11 is 0. The van der Waals surface area contributed by atoms with Gasteiger partial charge in [0.2, 0.25) is 15.9 Å². The molecule has 178 valence electrons. The highest BCUT2D eigenvalue weighted by molar-refractivity contribution is 7.88. The first kappa shape index (κ1) is 24.7. The maximum absolute atomic E-state index is 13.1. The Bertz CT molecular complexity index is 1110. The van der Waals surface area contributed by atoms with Gasteiger partial charge in [-0.2, -0.15) is 4.31 Å². The summed E-state index contributed by atoms with van der Waals surface area (Å²) in [4.78, 5) is 25.7. The summed E-state index contributed by atoms with van der Waals surface area (Å²) in [6.45, 7) is -0.242. The minimum absolute atomic E-state index is 0.146. The van der Waals surface area contributed by atoms with Crippen LogP contribution < -0.4 is 4.90 Å². The molecule has 8 nitrogen and oxygen atoms in total. The van der Waals surface area contributed by atoms with E-state index in [1.54, 1.807) is 0 Å². The normalized spacial score (nSPS) is 14.9. The van der Waals surface area contributed by atoms with Gasteiger partial charge in [0.05, 0.1) is 19.3 Å². The highest BCUT2D eigenvalue weighted by Gasteiger charge is 2.23. The lowest BCUT2D eigenvalue weighted by molar-refractivity contribution is -0.118. The largest absolute Gasteiger partial charge is 0.507 e. The van der Waals surface area contributed by atoms with Gasteiger partial charge in [-0.15, -0.1) is 0 Å². The summed E-state index contributed by atoms with van der Waals surface area (Å²) in [5, 5.41) is 19.3. The molecule has 0 radical (unpaired) electrons. The molecule has 0 atom stereocenters. The van der Waals surface area contributed by atoms with Crippen molar-refractivity contribution < 1.29 is 28.2 Å². The minimum Gasteiger partial charge on any atom is -0.507 e. The summed E-state index contributed by atoms with van der Waals surface area (Å²) in [6.07, 6.45) is 7.12. The summed E-state index contributed by atoms with van der Waals surface area (Å²) in [6, 6.07) is 11.9. The Kier molecular flexibility index (Phi) is 7.76. The van der Waals surface area contributed by atoms with Gasteiger partial charge in [-0.05, 0) is 42.0 Å². The van der Waals surface area contributed by atoms with E-state index in [1.807, 2.05) is 12.1 Å². The molecule has 0 spiro atoms. The van der Waals surface area contributed by atoms with E-state index < -0.39 is 27.6 Å². The van der Waals surface area contributed by atoms with Gasteiger partial charge in [-0.1, -0.05) is 43.5 Å². The van der Waals surface area contributed by atoms with E-state index in [4.69, 9.17) is 5.11 Å². The Morgan fingerprint density at radius 1 is 1.03 bits per heavy atom. The number of rotatable bonds is 8. The Labute approximate surface area is 194 Å². The number of anilines is 1. The fourth-order valence-corrected chi connectivity index (χ4v) is 4.44. The van der Waals surface area contributed by atoms with Crippen LogP contribution in [0.1, 0.15) is 59.5 Å². The average molecular weight is 475 g/mol. The number of benzene rings is 2. The molecular weight excluding hydrogens is 444 g/mol. The summed E-state index contributed by atoms with van der Waals surface area (Å²) < 4.78 is 24.5. The third kappa shape index (κ3) is 6.33. The van der Waals surface area contributed by atoms with Gasteiger partial charge in [-0.25, -0.2) is 13.2 Å². The van der Waals surface area contributed by atoms with Crippen molar-refractivity contribution >= 4 is 27.6 Å². The van der Waals surface area contributed by atoms with Gasteiger partial charge in [0.25, 0.3) is 0 Å². The molecule has 0 heterocycles. The smallest absolute Gasteiger partial charge is 0.339 e. The second-order valence-electron chi connectivity index (χ2n) is 8.58. The molecule has 0 unspecified atom stereocenters. The molecule has 33 heavy (non-hydrogen) atoms. The van der Waals surface area contributed by atoms with Crippen molar-refractivity contribution in [3.8, 4) is 5.75 Å². The Balaban J connectivity index is 1.87. The molecule has 2 aromatic rings. The van der Waals surface area contributed by atoms with Gasteiger partial charge in [0.1, 0.15) is 11.3 Å². The number of aromatic hydroxyl groups is 1. The molecule has 1 fully saturated rings. The molecule has 0 bridgehead atoms. The first-order valence-corrected chi connectivity index (χ1v) is 12.8. The first-order chi connectivity index (χ1) is 15.6. The van der Waals surface area contributed by atoms with Crippen molar-refractivity contribution in [1.82, 2.24) is 4.31 Å². The van der Waals surface area contributed by atoms with E-state index in [0.717, 1.165) is 16.1 Å². The van der Waals surface area contributed by atoms with Crippen LogP contribution in [-0.2, 0) is 21.4 Å². The van der Waals surface area contributed by atoms with E-state index in [2.05, 4.69) is 12.1 Å². The van der Waals surface area contributed by atoms with Crippen molar-refractivity contribution in [1.29, 1.82) is 0 Å². The van der Waals surface area contributed by atoms with Gasteiger partial charge in [0.15, 0.2) is 0 Å². The number of amides is 1. The topological polar surface area (TPSA) is 115 Å². The van der Waals surface area contributed by atoms with Crippen molar-refractivity contribution in [3.63, 3.8) is 0 Å². The Morgan fingerprint density at radius 3 is 2.21 bits per heavy atom. The van der Waals surface area contributed by atoms with Crippen LogP contribution in [0.2, 0.25) is 0 Å². The van der Waals surface area contributed by atoms with Crippen molar-refractivity contribution in [2.45, 2.75) is 44.6 Å². The number of carboxylic acid groups (broad SMARTS) is 1. The number of phenols is 1. The third-order valence-electron chi connectivity index (χ3n) is 6.15. The highest BCUT2D eigenvalue weighted by Crippen LogP contribution is 2.33. The van der Waals surface area contributed by atoms with Crippen LogP contribution in [0, 0.1) is 0 Å². The Hall–Kier alpha value is -2.91. The zero-order chi connectivity index (χ0) is 24.2. The molecular formula is C24H30N2O6S. The molecule has 1 saturated carbocycles. The monoisotopic (exact) mass is 474 g/mol. The second-order valence-corrected chi connectivity index (χ2v) is 10.7. The third-order valence-corrected chi connectivity index (χ3v) is 7.41. The number of hydrogen-bond acceptors (Lipinski definition) is 5. The van der Waals surface area contributed by atoms with Crippen molar-refractivity contribution in [2.24, 2.45) is 0 Å². The predicted molar refractivity (Wildman–Crippen MR) is 126 cm³/mol. The van der Waals surface area contributed by atoms with Crippen LogP contribution in [0.4, 0.5) is 5.69 Å². The van der Waals surface area contributed by atoms with Crippen molar-refractivity contribution in [3.05, 3.63) is 59.2 Å². The average Bonchev–Trinajstić information content (AvgIpc) is 2.77.